The van der Waals surface area contributed by atoms with Crippen molar-refractivity contribution in [2.75, 3.05) is 6.73 Å². The van der Waals surface area contributed by atoms with Crippen LogP contribution in [0.5, 0.6) is 0 Å². The number of benzene rings is 1. The van der Waals surface area contributed by atoms with Crippen molar-refractivity contribution in [1.29, 1.82) is 0 Å². The van der Waals surface area contributed by atoms with Crippen LogP contribution in [-0.2, 0) is 14.5 Å². The molecule has 4 rings (SSSR count). The number of aryl methyl sites for hydroxylation is 1. The monoisotopic (exact) mass is 593 g/mol. The van der Waals surface area contributed by atoms with Crippen LogP contribution in [-0.4, -0.2) is 69.9 Å². The number of amides is 1. The molecule has 3 aliphatic rings. The molecule has 0 radical (unpaired) electrons. The van der Waals surface area contributed by atoms with E-state index in [1.54, 1.807) is 13.0 Å². The number of aliphatic hydroxyl groups excluding tert-OH is 1. The van der Waals surface area contributed by atoms with Gasteiger partial charge in [-0.1, -0.05) is 34.1 Å². The number of rotatable bonds is 5. The molecule has 4 unspecified atom stereocenters. The first-order valence-electron chi connectivity index (χ1n) is 12.0. The molecule has 0 aromatic heterocycles. The maximum Gasteiger partial charge on any atom is 0.428 e. The van der Waals surface area contributed by atoms with E-state index in [0.29, 0.717) is 11.1 Å². The Morgan fingerprint density at radius 1 is 1.26 bits per heavy atom. The Morgan fingerprint density at radius 3 is 2.54 bits per heavy atom. The maximum absolute atomic E-state index is 14.2. The molecule has 1 spiro atoms. The molecule has 0 fully saturated rings. The van der Waals surface area contributed by atoms with Gasteiger partial charge in [0.1, 0.15) is 12.4 Å². The van der Waals surface area contributed by atoms with Crippen LogP contribution in [0.4, 0.5) is 17.6 Å². The summed E-state index contributed by atoms with van der Waals surface area (Å²) in [6.07, 6.45) is -9.34. The van der Waals surface area contributed by atoms with E-state index in [1.807, 2.05) is 0 Å². The Balaban J connectivity index is 1.58. The van der Waals surface area contributed by atoms with E-state index in [9.17, 15) is 32.3 Å². The number of carbonyl (C=O) groups excluding carboxylic acids is 2. The van der Waals surface area contributed by atoms with Crippen molar-refractivity contribution >= 4 is 46.3 Å². The van der Waals surface area contributed by atoms with Gasteiger partial charge in [-0.3, -0.25) is 14.5 Å². The van der Waals surface area contributed by atoms with Gasteiger partial charge in [0, 0.05) is 17.9 Å². The van der Waals surface area contributed by atoms with Gasteiger partial charge in [-0.25, -0.2) is 4.39 Å². The smallest absolute Gasteiger partial charge is 0.382 e. The largest absolute Gasteiger partial charge is 0.428 e. The van der Waals surface area contributed by atoms with Gasteiger partial charge in [0.05, 0.1) is 22.5 Å². The molecule has 1 amide bonds. The van der Waals surface area contributed by atoms with Crippen LogP contribution < -0.4 is 0 Å². The molecule has 1 N–H and O–H groups in total. The van der Waals surface area contributed by atoms with Crippen LogP contribution in [0, 0.1) is 12.3 Å². The summed E-state index contributed by atoms with van der Waals surface area (Å²) in [4.78, 5) is 35.9. The van der Waals surface area contributed by atoms with Crippen LogP contribution in [0.25, 0.3) is 0 Å². The zero-order valence-corrected chi connectivity index (χ0v) is 22.4. The average Bonchev–Trinajstić information content (AvgIpc) is 3.26. The number of hydrogen-bond acceptors (Lipinski definition) is 7. The van der Waals surface area contributed by atoms with Crippen molar-refractivity contribution in [1.82, 2.24) is 4.90 Å². The van der Waals surface area contributed by atoms with E-state index in [1.165, 1.54) is 19.1 Å². The highest BCUT2D eigenvalue weighted by molar-refractivity contribution is 6.39. The molecule has 2 aliphatic heterocycles. The van der Waals surface area contributed by atoms with Gasteiger partial charge in [0.2, 0.25) is 12.3 Å². The number of ketones is 1. The molecule has 1 aliphatic carbocycles. The van der Waals surface area contributed by atoms with Crippen molar-refractivity contribution < 1.29 is 41.9 Å². The van der Waals surface area contributed by atoms with E-state index in [4.69, 9.17) is 32.9 Å². The van der Waals surface area contributed by atoms with E-state index in [0.717, 1.165) is 11.0 Å². The summed E-state index contributed by atoms with van der Waals surface area (Å²) >= 11 is 12.0. The number of carbonyl (C=O) groups is 2. The Bertz CT molecular complexity index is 1250. The fraction of sp³-hybridized carbons (Fsp3) is 0.520. The molecule has 1 aromatic rings. The number of aliphatic hydroxyl groups is 1. The Morgan fingerprint density at radius 2 is 1.97 bits per heavy atom. The second-order valence-corrected chi connectivity index (χ2v) is 10.8. The molecule has 212 valence electrons. The lowest BCUT2D eigenvalue weighted by Crippen LogP contribution is -2.49. The van der Waals surface area contributed by atoms with Gasteiger partial charge in [-0.15, -0.1) is 11.6 Å². The summed E-state index contributed by atoms with van der Waals surface area (Å²) in [6, 6.07) is 4.50. The summed E-state index contributed by atoms with van der Waals surface area (Å²) < 4.78 is 56.3. The van der Waals surface area contributed by atoms with Crippen molar-refractivity contribution in [2.45, 2.75) is 69.6 Å². The van der Waals surface area contributed by atoms with Crippen LogP contribution in [0.2, 0.25) is 0 Å². The van der Waals surface area contributed by atoms with E-state index < -0.39 is 53.1 Å². The SMILES string of the molecule is CC(=O)C1=NOC(N(CO)C(=O)c2ccc(C3=NO[C@H](C(F)(F)F)C4(C=C(Cl)C(F)C(Cl)C4)CC3)cc2C)C1. The van der Waals surface area contributed by atoms with E-state index in [-0.39, 0.29) is 48.5 Å². The zero-order valence-electron chi connectivity index (χ0n) is 20.8. The second kappa shape index (κ2) is 11.1. The highest BCUT2D eigenvalue weighted by Gasteiger charge is 2.58. The van der Waals surface area contributed by atoms with Crippen molar-refractivity contribution in [3.8, 4) is 0 Å². The summed E-state index contributed by atoms with van der Waals surface area (Å²) in [5.41, 5.74) is -0.348. The fourth-order valence-electron chi connectivity index (χ4n) is 5.00. The minimum absolute atomic E-state index is 0.0137. The molecule has 5 atom stereocenters. The number of nitrogens with zero attached hydrogens (tertiary/aromatic N) is 3. The summed E-state index contributed by atoms with van der Waals surface area (Å²) in [7, 11) is 0. The normalized spacial score (nSPS) is 29.0. The van der Waals surface area contributed by atoms with Crippen LogP contribution in [0.15, 0.2) is 39.6 Å². The molecule has 1 aromatic carbocycles. The Kier molecular flexibility index (Phi) is 8.30. The van der Waals surface area contributed by atoms with Gasteiger partial charge < -0.3 is 14.8 Å². The molecule has 8 nitrogen and oxygen atoms in total. The first-order chi connectivity index (χ1) is 18.3. The minimum Gasteiger partial charge on any atom is -0.382 e. The zero-order chi connectivity index (χ0) is 28.7. The minimum atomic E-state index is -4.83. The van der Waals surface area contributed by atoms with Gasteiger partial charge in [-0.2, -0.15) is 13.2 Å². The summed E-state index contributed by atoms with van der Waals surface area (Å²) in [5.74, 6) is -0.918. The topological polar surface area (TPSA) is 101 Å². The number of oxime groups is 2. The van der Waals surface area contributed by atoms with Gasteiger partial charge in [-0.05, 0) is 49.4 Å². The number of alkyl halides is 5. The second-order valence-electron chi connectivity index (χ2n) is 9.75. The van der Waals surface area contributed by atoms with Gasteiger partial charge >= 0.3 is 6.18 Å². The highest BCUT2D eigenvalue weighted by atomic mass is 35.5. The summed E-state index contributed by atoms with van der Waals surface area (Å²) in [5, 5.41) is 15.6. The maximum atomic E-state index is 14.2. The third-order valence-corrected chi connectivity index (χ3v) is 7.80. The highest BCUT2D eigenvalue weighted by Crippen LogP contribution is 2.51. The van der Waals surface area contributed by atoms with Crippen LogP contribution in [0.1, 0.15) is 54.1 Å². The number of Topliss-reactive ketones (excluding diaryl/α,β-unsaturated/α-hetero) is 1. The molecular formula is C25H25Cl2F4N3O5. The fourth-order valence-corrected chi connectivity index (χ4v) is 5.86. The lowest BCUT2D eigenvalue weighted by Gasteiger charge is -2.41. The van der Waals surface area contributed by atoms with E-state index >= 15 is 0 Å². The Labute approximate surface area is 231 Å². The third kappa shape index (κ3) is 5.78. The van der Waals surface area contributed by atoms with Crippen LogP contribution >= 0.6 is 23.2 Å². The van der Waals surface area contributed by atoms with Gasteiger partial charge in [0.15, 0.2) is 12.0 Å². The molecule has 0 saturated heterocycles. The number of allylic oxidation sites excluding steroid dienone is 1. The lowest BCUT2D eigenvalue weighted by molar-refractivity contribution is -0.250. The molecule has 14 heteroatoms. The average molecular weight is 594 g/mol. The molecule has 2 heterocycles. The number of hydrogen-bond donors (Lipinski definition) is 1. The first kappa shape index (κ1) is 29.3. The molecule has 0 saturated carbocycles. The number of halogens is 6. The summed E-state index contributed by atoms with van der Waals surface area (Å²) in [6.45, 7) is 2.22. The standard InChI is InChI=1S/C25H25Cl2F4N3O5/c1-12-7-14(3-4-15(12)22(37)34(11-35)20-8-19(13(2)36)33-38-20)18-5-6-24(23(39-32-18)25(29,30)31)9-16(26)21(28)17(27)10-24/h3-4,7,9,17,20-21,23,35H,5-6,8,10-11H2,1-2H3/t17?,20?,21?,23-,24?/m0/s1. The van der Waals surface area contributed by atoms with Crippen LogP contribution in [0.3, 0.4) is 0 Å². The molecule has 0 bridgehead atoms. The first-order valence-corrected chi connectivity index (χ1v) is 12.8. The third-order valence-electron chi connectivity index (χ3n) is 7.11. The molecule has 39 heavy (non-hydrogen) atoms. The van der Waals surface area contributed by atoms with Gasteiger partial charge in [0.25, 0.3) is 5.91 Å². The quantitative estimate of drug-likeness (QED) is 0.295. The molecular weight excluding hydrogens is 569 g/mol. The Hall–Kier alpha value is -2.70. The lowest BCUT2D eigenvalue weighted by atomic mass is 9.70. The van der Waals surface area contributed by atoms with E-state index in [2.05, 4.69) is 10.3 Å². The van der Waals surface area contributed by atoms with Crippen molar-refractivity contribution in [3.05, 3.63) is 46.0 Å². The van der Waals surface area contributed by atoms with Crippen molar-refractivity contribution in [2.24, 2.45) is 15.7 Å². The predicted molar refractivity (Wildman–Crippen MR) is 134 cm³/mol. The predicted octanol–water partition coefficient (Wildman–Crippen LogP) is 4.98. The van der Waals surface area contributed by atoms with Crippen molar-refractivity contribution in [3.63, 3.8) is 0 Å².